The molecule has 0 atom stereocenters. The van der Waals surface area contributed by atoms with Crippen molar-refractivity contribution in [2.75, 3.05) is 9.80 Å². The third-order valence-corrected chi connectivity index (χ3v) is 15.7. The van der Waals surface area contributed by atoms with E-state index >= 15 is 0 Å². The first-order valence-corrected chi connectivity index (χ1v) is 24.6. The van der Waals surface area contributed by atoms with E-state index in [-0.39, 0.29) is 0 Å². The molecular weight excluding hydrogens is 861 g/mol. The Morgan fingerprint density at radius 1 is 0.324 bits per heavy atom. The first-order valence-electron chi connectivity index (χ1n) is 24.6. The number of hydrogen-bond acceptors (Lipinski definition) is 3. The minimum absolute atomic E-state index is 0.578. The molecule has 0 bridgehead atoms. The lowest BCUT2D eigenvalue weighted by atomic mass is 9.64. The molecule has 332 valence electrons. The van der Waals surface area contributed by atoms with E-state index in [1.54, 1.807) is 0 Å². The quantitative estimate of drug-likeness (QED) is 0.166. The summed E-state index contributed by atoms with van der Waals surface area (Å²) < 4.78 is 6.98. The Morgan fingerprint density at radius 3 is 1.38 bits per heavy atom. The molecule has 0 saturated heterocycles. The van der Waals surface area contributed by atoms with Crippen LogP contribution in [0, 0.1) is 0 Å². The van der Waals surface area contributed by atoms with Crippen LogP contribution >= 0.6 is 0 Å². The van der Waals surface area contributed by atoms with Crippen LogP contribution in [-0.2, 0) is 10.8 Å². The summed E-state index contributed by atoms with van der Waals surface area (Å²) >= 11 is 0. The second-order valence-corrected chi connectivity index (χ2v) is 19.1. The normalized spacial score (nSPS) is 14.1. The van der Waals surface area contributed by atoms with Crippen molar-refractivity contribution in [2.45, 2.75) is 10.8 Å². The largest absolute Gasteiger partial charge is 0.454 e. The van der Waals surface area contributed by atoms with E-state index in [0.717, 1.165) is 44.7 Å². The summed E-state index contributed by atoms with van der Waals surface area (Å²) in [7, 11) is 0. The average Bonchev–Trinajstić information content (AvgIpc) is 4.07. The van der Waals surface area contributed by atoms with Gasteiger partial charge in [0.1, 0.15) is 5.58 Å². The van der Waals surface area contributed by atoms with Gasteiger partial charge in [-0.15, -0.1) is 0 Å². The molecule has 0 unspecified atom stereocenters. The van der Waals surface area contributed by atoms with Gasteiger partial charge in [0.05, 0.1) is 27.9 Å². The number of nitrogens with zero attached hydrogens (tertiary/aromatic N) is 2. The summed E-state index contributed by atoms with van der Waals surface area (Å²) in [4.78, 5) is 4.91. The lowest BCUT2D eigenvalue weighted by Gasteiger charge is -2.45. The zero-order valence-corrected chi connectivity index (χ0v) is 38.7. The number of rotatable bonds is 6. The Balaban J connectivity index is 1.03. The molecule has 2 aliphatic carbocycles. The van der Waals surface area contributed by atoms with E-state index in [9.17, 15) is 0 Å². The molecule has 3 nitrogen and oxygen atoms in total. The van der Waals surface area contributed by atoms with Crippen molar-refractivity contribution >= 4 is 56.1 Å². The summed E-state index contributed by atoms with van der Waals surface area (Å²) in [6, 6.07) is 98.5. The van der Waals surface area contributed by atoms with Gasteiger partial charge in [-0.2, -0.15) is 0 Å². The Hall–Kier alpha value is -9.18. The molecule has 1 aliphatic heterocycles. The fourth-order valence-corrected chi connectivity index (χ4v) is 13.0. The lowest BCUT2D eigenvalue weighted by molar-refractivity contribution is 0.669. The topological polar surface area (TPSA) is 19.6 Å². The van der Waals surface area contributed by atoms with Crippen LogP contribution in [-0.4, -0.2) is 0 Å². The summed E-state index contributed by atoms with van der Waals surface area (Å²) in [6.45, 7) is 0. The van der Waals surface area contributed by atoms with Gasteiger partial charge in [-0.1, -0.05) is 206 Å². The fraction of sp³-hybridized carbons (Fsp3) is 0.0294. The number of furan rings is 1. The highest BCUT2D eigenvalue weighted by Gasteiger charge is 2.52. The van der Waals surface area contributed by atoms with Gasteiger partial charge in [0.15, 0.2) is 5.58 Å². The van der Waals surface area contributed by atoms with Gasteiger partial charge in [0, 0.05) is 27.8 Å². The molecule has 1 spiro atoms. The van der Waals surface area contributed by atoms with Crippen molar-refractivity contribution in [3.63, 3.8) is 0 Å². The van der Waals surface area contributed by atoms with Gasteiger partial charge < -0.3 is 14.2 Å². The van der Waals surface area contributed by atoms with E-state index in [0.29, 0.717) is 0 Å². The SMILES string of the molecule is c1ccc(N2c3ccccc3C3(c4ccccc4-c4ccc(N(c5ccc6c(c5)C(c5ccccc5)(c5ccccc5)c5ccccc5-6)c5cccc6c5oc5ccccc56)cc43)c3ccccc32)cc1. The molecule has 0 fully saturated rings. The van der Waals surface area contributed by atoms with E-state index in [4.69, 9.17) is 4.42 Å². The highest BCUT2D eigenvalue weighted by Crippen LogP contribution is 2.64. The van der Waals surface area contributed by atoms with Crippen LogP contribution in [0.5, 0.6) is 0 Å². The van der Waals surface area contributed by atoms with Crippen molar-refractivity contribution in [2.24, 2.45) is 0 Å². The minimum Gasteiger partial charge on any atom is -0.454 e. The highest BCUT2D eigenvalue weighted by atomic mass is 16.3. The zero-order valence-electron chi connectivity index (χ0n) is 38.7. The molecule has 3 heteroatoms. The smallest absolute Gasteiger partial charge is 0.159 e. The third kappa shape index (κ3) is 5.38. The second-order valence-electron chi connectivity index (χ2n) is 19.1. The van der Waals surface area contributed by atoms with E-state index in [2.05, 4.69) is 277 Å². The van der Waals surface area contributed by atoms with Gasteiger partial charge in [0.2, 0.25) is 0 Å². The molecule has 0 N–H and O–H groups in total. The molecule has 71 heavy (non-hydrogen) atoms. The number of para-hydroxylation sites is 5. The monoisotopic (exact) mass is 904 g/mol. The maximum Gasteiger partial charge on any atom is 0.159 e. The Bertz CT molecular complexity index is 3990. The van der Waals surface area contributed by atoms with Crippen LogP contribution in [0.4, 0.5) is 34.1 Å². The maximum atomic E-state index is 6.98. The van der Waals surface area contributed by atoms with Crippen molar-refractivity contribution in [3.05, 3.63) is 311 Å². The van der Waals surface area contributed by atoms with Crippen molar-refractivity contribution < 1.29 is 4.42 Å². The van der Waals surface area contributed by atoms with Crippen LogP contribution in [0.25, 0.3) is 44.2 Å². The highest BCUT2D eigenvalue weighted by molar-refractivity contribution is 6.10. The van der Waals surface area contributed by atoms with E-state index in [1.807, 2.05) is 0 Å². The number of hydrogen-bond donors (Lipinski definition) is 0. The molecule has 12 aromatic rings. The number of benzene rings is 11. The molecule has 11 aromatic carbocycles. The number of fused-ring (bicyclic) bond motifs is 15. The molecule has 0 amide bonds. The van der Waals surface area contributed by atoms with Crippen LogP contribution in [0.1, 0.15) is 44.5 Å². The van der Waals surface area contributed by atoms with Gasteiger partial charge in [-0.25, -0.2) is 0 Å². The summed E-state index contributed by atoms with van der Waals surface area (Å²) in [5.74, 6) is 0. The summed E-state index contributed by atoms with van der Waals surface area (Å²) in [6.07, 6.45) is 0. The Kier molecular flexibility index (Phi) is 8.49. The third-order valence-electron chi connectivity index (χ3n) is 15.7. The number of anilines is 6. The van der Waals surface area contributed by atoms with Gasteiger partial charge >= 0.3 is 0 Å². The van der Waals surface area contributed by atoms with Crippen molar-refractivity contribution in [1.29, 1.82) is 0 Å². The minimum atomic E-state index is -0.632. The Morgan fingerprint density at radius 2 is 0.775 bits per heavy atom. The Labute approximate surface area is 412 Å². The van der Waals surface area contributed by atoms with Crippen LogP contribution < -0.4 is 9.80 Å². The second kappa shape index (κ2) is 15.2. The van der Waals surface area contributed by atoms with Crippen LogP contribution in [0.3, 0.4) is 0 Å². The summed E-state index contributed by atoms with van der Waals surface area (Å²) in [5.41, 5.74) is 22.1. The van der Waals surface area contributed by atoms with Gasteiger partial charge in [0.25, 0.3) is 0 Å². The van der Waals surface area contributed by atoms with E-state index < -0.39 is 10.8 Å². The molecule has 1 aromatic heterocycles. The maximum absolute atomic E-state index is 6.98. The zero-order chi connectivity index (χ0) is 46.7. The first kappa shape index (κ1) is 39.8. The van der Waals surface area contributed by atoms with Gasteiger partial charge in [-0.3, -0.25) is 0 Å². The molecule has 15 rings (SSSR count). The molecule has 0 saturated carbocycles. The molecule has 2 heterocycles. The fourth-order valence-electron chi connectivity index (χ4n) is 13.0. The van der Waals surface area contributed by atoms with Gasteiger partial charge in [-0.05, 0) is 127 Å². The molecular formula is C68H44N2O. The predicted octanol–water partition coefficient (Wildman–Crippen LogP) is 17.6. The van der Waals surface area contributed by atoms with Crippen molar-refractivity contribution in [1.82, 2.24) is 0 Å². The lowest BCUT2D eigenvalue weighted by Crippen LogP contribution is -2.36. The average molecular weight is 905 g/mol. The summed E-state index contributed by atoms with van der Waals surface area (Å²) in [5, 5.41) is 2.18. The predicted molar refractivity (Wildman–Crippen MR) is 291 cm³/mol. The van der Waals surface area contributed by atoms with Crippen LogP contribution in [0.2, 0.25) is 0 Å². The standard InChI is InChI=1S/C68H44N2O/c1-4-21-45(22-5-1)67(46-23-6-2-7-24-46)56-31-13-10-27-50(56)52-41-39-48(43-60(52)67)69(64-37-20-30-55-54-29-12-19-38-65(54)71-66(55)64)49-40-42-53-51-28-11-14-32-57(51)68(61(53)44-49)58-33-15-17-35-62(58)70(47-25-8-3-9-26-47)63-36-18-16-34-59(63)68/h1-44H. The van der Waals surface area contributed by atoms with E-state index in [1.165, 1.54) is 78.1 Å². The van der Waals surface area contributed by atoms with Crippen LogP contribution in [0.15, 0.2) is 271 Å². The van der Waals surface area contributed by atoms with Crippen molar-refractivity contribution in [3.8, 4) is 22.3 Å². The molecule has 0 radical (unpaired) electrons. The molecule has 3 aliphatic rings. The first-order chi connectivity index (χ1) is 35.2.